The number of morpholine rings is 1. The molecule has 1 aliphatic rings. The minimum absolute atomic E-state index is 0.463. The number of aliphatic hydroxyl groups excluding tert-OH is 1. The minimum atomic E-state index is -0.647. The third kappa shape index (κ3) is 4.88. The summed E-state index contributed by atoms with van der Waals surface area (Å²) >= 11 is 12.0. The summed E-state index contributed by atoms with van der Waals surface area (Å²) < 4.78 is 5.30. The number of halogens is 2. The Bertz CT molecular complexity index is 426. The zero-order chi connectivity index (χ0) is 14.4. The molecule has 2 N–H and O–H groups in total. The maximum absolute atomic E-state index is 10.1. The van der Waals surface area contributed by atoms with Gasteiger partial charge in [-0.3, -0.25) is 4.90 Å². The molecule has 1 unspecified atom stereocenters. The van der Waals surface area contributed by atoms with Gasteiger partial charge >= 0.3 is 0 Å². The second kappa shape index (κ2) is 8.17. The van der Waals surface area contributed by atoms with Crippen molar-refractivity contribution in [3.05, 3.63) is 33.8 Å². The fourth-order valence-electron chi connectivity index (χ4n) is 2.18. The van der Waals surface area contributed by atoms with Gasteiger partial charge in [-0.25, -0.2) is 0 Å². The van der Waals surface area contributed by atoms with E-state index in [1.807, 2.05) is 0 Å². The lowest BCUT2D eigenvalue weighted by molar-refractivity contribution is 0.0380. The Morgan fingerprint density at radius 1 is 1.30 bits per heavy atom. The van der Waals surface area contributed by atoms with Crippen molar-refractivity contribution < 1.29 is 9.84 Å². The Balaban J connectivity index is 1.71. The molecule has 20 heavy (non-hydrogen) atoms. The smallest absolute Gasteiger partial charge is 0.0929 e. The van der Waals surface area contributed by atoms with Crippen molar-refractivity contribution in [1.82, 2.24) is 10.2 Å². The average Bonchev–Trinajstić information content (AvgIpc) is 2.47. The normalized spacial score (nSPS) is 18.1. The first-order valence-corrected chi connectivity index (χ1v) is 7.56. The molecular formula is C14H20Cl2N2O2. The van der Waals surface area contributed by atoms with Crippen LogP contribution in [-0.4, -0.2) is 55.9 Å². The van der Waals surface area contributed by atoms with Crippen LogP contribution in [0.2, 0.25) is 10.0 Å². The van der Waals surface area contributed by atoms with Gasteiger partial charge in [-0.2, -0.15) is 0 Å². The van der Waals surface area contributed by atoms with Crippen molar-refractivity contribution in [2.75, 3.05) is 45.9 Å². The summed E-state index contributed by atoms with van der Waals surface area (Å²) in [4.78, 5) is 2.34. The van der Waals surface area contributed by atoms with E-state index in [4.69, 9.17) is 27.9 Å². The van der Waals surface area contributed by atoms with Crippen LogP contribution in [0.4, 0.5) is 0 Å². The number of nitrogens with zero attached hydrogens (tertiary/aromatic N) is 1. The zero-order valence-electron chi connectivity index (χ0n) is 11.3. The van der Waals surface area contributed by atoms with Gasteiger partial charge in [0.15, 0.2) is 0 Å². The molecule has 0 bridgehead atoms. The molecule has 1 atom stereocenters. The van der Waals surface area contributed by atoms with Gasteiger partial charge in [0.2, 0.25) is 0 Å². The van der Waals surface area contributed by atoms with E-state index >= 15 is 0 Å². The van der Waals surface area contributed by atoms with Crippen LogP contribution in [0.1, 0.15) is 11.7 Å². The highest BCUT2D eigenvalue weighted by Gasteiger charge is 2.13. The molecule has 0 aromatic heterocycles. The Kier molecular flexibility index (Phi) is 6.55. The number of hydrogen-bond donors (Lipinski definition) is 2. The summed E-state index contributed by atoms with van der Waals surface area (Å²) in [6.45, 7) is 5.81. The van der Waals surface area contributed by atoms with Crippen molar-refractivity contribution in [2.24, 2.45) is 0 Å². The average molecular weight is 319 g/mol. The Labute approximate surface area is 129 Å². The molecule has 6 heteroatoms. The molecule has 0 aliphatic carbocycles. The molecule has 1 aromatic carbocycles. The molecule has 4 nitrogen and oxygen atoms in total. The molecular weight excluding hydrogens is 299 g/mol. The van der Waals surface area contributed by atoms with Crippen molar-refractivity contribution in [1.29, 1.82) is 0 Å². The van der Waals surface area contributed by atoms with Crippen molar-refractivity contribution in [3.63, 3.8) is 0 Å². The molecule has 0 radical (unpaired) electrons. The van der Waals surface area contributed by atoms with E-state index in [0.29, 0.717) is 22.2 Å². The lowest BCUT2D eigenvalue weighted by Crippen LogP contribution is -2.40. The molecule has 112 valence electrons. The van der Waals surface area contributed by atoms with Crippen LogP contribution in [0, 0.1) is 0 Å². The SMILES string of the molecule is OC(CNCCN1CCOCC1)c1cc(Cl)ccc1Cl. The Hall–Kier alpha value is -0.360. The van der Waals surface area contributed by atoms with Crippen LogP contribution in [0.25, 0.3) is 0 Å². The summed E-state index contributed by atoms with van der Waals surface area (Å²) in [5.41, 5.74) is 0.665. The van der Waals surface area contributed by atoms with E-state index in [0.717, 1.165) is 39.4 Å². The summed E-state index contributed by atoms with van der Waals surface area (Å²) in [6.07, 6.45) is -0.647. The summed E-state index contributed by atoms with van der Waals surface area (Å²) in [5.74, 6) is 0. The predicted molar refractivity (Wildman–Crippen MR) is 81.6 cm³/mol. The Morgan fingerprint density at radius 2 is 2.05 bits per heavy atom. The first kappa shape index (κ1) is 16.0. The molecule has 0 saturated carbocycles. The third-order valence-electron chi connectivity index (χ3n) is 3.36. The molecule has 1 fully saturated rings. The lowest BCUT2D eigenvalue weighted by atomic mass is 10.1. The summed E-state index contributed by atoms with van der Waals surface area (Å²) in [6, 6.07) is 5.13. The second-order valence-electron chi connectivity index (χ2n) is 4.84. The van der Waals surface area contributed by atoms with Crippen LogP contribution in [-0.2, 0) is 4.74 Å². The second-order valence-corrected chi connectivity index (χ2v) is 5.68. The third-order valence-corrected chi connectivity index (χ3v) is 3.94. The van der Waals surface area contributed by atoms with Gasteiger partial charge in [0.05, 0.1) is 19.3 Å². The molecule has 1 heterocycles. The molecule has 1 saturated heterocycles. The molecule has 1 aromatic rings. The number of benzene rings is 1. The van der Waals surface area contributed by atoms with E-state index in [1.165, 1.54) is 0 Å². The summed E-state index contributed by atoms with van der Waals surface area (Å²) in [5, 5.41) is 14.5. The van der Waals surface area contributed by atoms with Crippen molar-refractivity contribution in [2.45, 2.75) is 6.10 Å². The molecule has 2 rings (SSSR count). The fraction of sp³-hybridized carbons (Fsp3) is 0.571. The molecule has 0 spiro atoms. The highest BCUT2D eigenvalue weighted by Crippen LogP contribution is 2.25. The van der Waals surface area contributed by atoms with E-state index < -0.39 is 6.10 Å². The predicted octanol–water partition coefficient (Wildman–Crippen LogP) is 1.95. The largest absolute Gasteiger partial charge is 0.387 e. The quantitative estimate of drug-likeness (QED) is 0.787. The summed E-state index contributed by atoms with van der Waals surface area (Å²) in [7, 11) is 0. The van der Waals surface area contributed by atoms with Gasteiger partial charge in [-0.05, 0) is 18.2 Å². The first-order chi connectivity index (χ1) is 9.66. The van der Waals surface area contributed by atoms with Crippen LogP contribution in [0.3, 0.4) is 0 Å². The monoisotopic (exact) mass is 318 g/mol. The number of nitrogens with one attached hydrogen (secondary N) is 1. The van der Waals surface area contributed by atoms with Crippen molar-refractivity contribution in [3.8, 4) is 0 Å². The number of rotatable bonds is 6. The molecule has 1 aliphatic heterocycles. The minimum Gasteiger partial charge on any atom is -0.387 e. The van der Waals surface area contributed by atoms with Crippen LogP contribution >= 0.6 is 23.2 Å². The van der Waals surface area contributed by atoms with E-state index in [-0.39, 0.29) is 0 Å². The van der Waals surface area contributed by atoms with Gasteiger partial charge in [-0.1, -0.05) is 23.2 Å². The number of aliphatic hydroxyl groups is 1. The highest BCUT2D eigenvalue weighted by atomic mass is 35.5. The molecule has 0 amide bonds. The number of hydrogen-bond acceptors (Lipinski definition) is 4. The lowest BCUT2D eigenvalue weighted by Gasteiger charge is -2.26. The zero-order valence-corrected chi connectivity index (χ0v) is 12.8. The van der Waals surface area contributed by atoms with Gasteiger partial charge in [0, 0.05) is 48.3 Å². The maximum Gasteiger partial charge on any atom is 0.0929 e. The van der Waals surface area contributed by atoms with Gasteiger partial charge in [0.25, 0.3) is 0 Å². The van der Waals surface area contributed by atoms with Crippen LogP contribution < -0.4 is 5.32 Å². The van der Waals surface area contributed by atoms with Crippen molar-refractivity contribution >= 4 is 23.2 Å². The van der Waals surface area contributed by atoms with Crippen LogP contribution in [0.15, 0.2) is 18.2 Å². The van der Waals surface area contributed by atoms with Gasteiger partial charge in [0.1, 0.15) is 0 Å². The number of ether oxygens (including phenoxy) is 1. The van der Waals surface area contributed by atoms with E-state index in [1.54, 1.807) is 18.2 Å². The first-order valence-electron chi connectivity index (χ1n) is 6.80. The van der Waals surface area contributed by atoms with Crippen LogP contribution in [0.5, 0.6) is 0 Å². The standard InChI is InChI=1S/C14H20Cl2N2O2/c15-11-1-2-13(16)12(9-11)14(19)10-17-3-4-18-5-7-20-8-6-18/h1-2,9,14,17,19H,3-8,10H2. The van der Waals surface area contributed by atoms with E-state index in [9.17, 15) is 5.11 Å². The maximum atomic E-state index is 10.1. The van der Waals surface area contributed by atoms with E-state index in [2.05, 4.69) is 10.2 Å². The highest BCUT2D eigenvalue weighted by molar-refractivity contribution is 6.33. The fourth-order valence-corrected chi connectivity index (χ4v) is 2.60. The Morgan fingerprint density at radius 3 is 2.80 bits per heavy atom. The van der Waals surface area contributed by atoms with Gasteiger partial charge < -0.3 is 15.2 Å². The van der Waals surface area contributed by atoms with Gasteiger partial charge in [-0.15, -0.1) is 0 Å². The topological polar surface area (TPSA) is 44.7 Å².